The Morgan fingerprint density at radius 1 is 0.974 bits per heavy atom. The van der Waals surface area contributed by atoms with Crippen molar-refractivity contribution in [2.75, 3.05) is 5.32 Å². The van der Waals surface area contributed by atoms with Gasteiger partial charge in [0.25, 0.3) is 0 Å². The van der Waals surface area contributed by atoms with E-state index in [1.165, 1.54) is 12.4 Å². The minimum atomic E-state index is -0.565. The van der Waals surface area contributed by atoms with Crippen molar-refractivity contribution in [3.05, 3.63) is 67.4 Å². The number of aromatic amines is 2. The van der Waals surface area contributed by atoms with Gasteiger partial charge in [-0.1, -0.05) is 12.8 Å². The van der Waals surface area contributed by atoms with Gasteiger partial charge in [-0.3, -0.25) is 29.8 Å². The fourth-order valence-electron chi connectivity index (χ4n) is 5.21. The van der Waals surface area contributed by atoms with Gasteiger partial charge in [-0.15, -0.1) is 0 Å². The van der Waals surface area contributed by atoms with Gasteiger partial charge in [0, 0.05) is 41.8 Å². The summed E-state index contributed by atoms with van der Waals surface area (Å²) >= 11 is 0. The Kier molecular flexibility index (Phi) is 5.54. The molecule has 39 heavy (non-hydrogen) atoms. The van der Waals surface area contributed by atoms with E-state index in [1.54, 1.807) is 37.1 Å². The summed E-state index contributed by atoms with van der Waals surface area (Å²) in [5.41, 5.74) is 4.94. The Morgan fingerprint density at radius 2 is 1.79 bits per heavy atom. The summed E-state index contributed by atoms with van der Waals surface area (Å²) in [6.07, 6.45) is 15.3. The van der Waals surface area contributed by atoms with Crippen LogP contribution >= 0.6 is 0 Å². The Bertz CT molecular complexity index is 1840. The zero-order valence-corrected chi connectivity index (χ0v) is 20.6. The van der Waals surface area contributed by atoms with E-state index in [9.17, 15) is 4.79 Å². The maximum absolute atomic E-state index is 16.1. The summed E-state index contributed by atoms with van der Waals surface area (Å²) < 4.78 is 16.1. The molecule has 1 aliphatic rings. The highest BCUT2D eigenvalue weighted by Crippen LogP contribution is 2.34. The lowest BCUT2D eigenvalue weighted by atomic mass is 10.1. The Balaban J connectivity index is 1.28. The van der Waals surface area contributed by atoms with Gasteiger partial charge in [0.1, 0.15) is 16.9 Å². The van der Waals surface area contributed by atoms with Crippen LogP contribution in [0.15, 0.2) is 61.6 Å². The van der Waals surface area contributed by atoms with Gasteiger partial charge in [0.05, 0.1) is 40.7 Å². The molecule has 0 atom stereocenters. The van der Waals surface area contributed by atoms with Crippen LogP contribution in [0.1, 0.15) is 25.7 Å². The number of hydrogen-bond donors (Lipinski definition) is 3. The van der Waals surface area contributed by atoms with Crippen molar-refractivity contribution in [1.82, 2.24) is 40.1 Å². The van der Waals surface area contributed by atoms with Crippen LogP contribution in [0.5, 0.6) is 0 Å². The SMILES string of the molecule is O=C(Nc1cncc(-c2ncc3n[nH]c(-c4nc5c(-c6ccncc6)cncc5[nH]4)c3c2F)c1)C1CCCC1. The van der Waals surface area contributed by atoms with Crippen LogP contribution in [-0.2, 0) is 4.79 Å². The van der Waals surface area contributed by atoms with Crippen LogP contribution in [0.25, 0.3) is 55.8 Å². The highest BCUT2D eigenvalue weighted by atomic mass is 19.1. The van der Waals surface area contributed by atoms with Gasteiger partial charge >= 0.3 is 0 Å². The predicted molar refractivity (Wildman–Crippen MR) is 144 cm³/mol. The molecule has 0 aromatic carbocycles. The molecule has 192 valence electrons. The minimum absolute atomic E-state index is 0.00596. The molecule has 0 radical (unpaired) electrons. The summed E-state index contributed by atoms with van der Waals surface area (Å²) in [4.78, 5) is 37.6. The normalized spacial score (nSPS) is 13.9. The van der Waals surface area contributed by atoms with Crippen LogP contribution in [0.3, 0.4) is 0 Å². The van der Waals surface area contributed by atoms with Crippen LogP contribution < -0.4 is 5.32 Å². The number of halogens is 1. The van der Waals surface area contributed by atoms with Crippen molar-refractivity contribution in [2.45, 2.75) is 25.7 Å². The average Bonchev–Trinajstić information content (AvgIpc) is 3.73. The first-order valence-corrected chi connectivity index (χ1v) is 12.7. The molecular weight excluding hydrogens is 497 g/mol. The Hall–Kier alpha value is -5.06. The van der Waals surface area contributed by atoms with Gasteiger partial charge < -0.3 is 10.3 Å². The number of hydrogen-bond acceptors (Lipinski definition) is 7. The lowest BCUT2D eigenvalue weighted by Crippen LogP contribution is -2.20. The second kappa shape index (κ2) is 9.35. The Morgan fingerprint density at radius 3 is 2.64 bits per heavy atom. The molecule has 6 aromatic rings. The van der Waals surface area contributed by atoms with Crippen LogP contribution in [0.4, 0.5) is 10.1 Å². The molecule has 10 nitrogen and oxygen atoms in total. The van der Waals surface area contributed by atoms with E-state index in [0.717, 1.165) is 36.8 Å². The number of imidazole rings is 1. The molecule has 7 rings (SSSR count). The Labute approximate surface area is 221 Å². The van der Waals surface area contributed by atoms with E-state index in [4.69, 9.17) is 4.98 Å². The van der Waals surface area contributed by atoms with Gasteiger partial charge in [0.15, 0.2) is 11.6 Å². The number of carbonyl (C=O) groups is 1. The number of carbonyl (C=O) groups excluding carboxylic acids is 1. The topological polar surface area (TPSA) is 138 Å². The third kappa shape index (κ3) is 4.08. The maximum Gasteiger partial charge on any atom is 0.227 e. The lowest BCUT2D eigenvalue weighted by Gasteiger charge is -2.11. The van der Waals surface area contributed by atoms with Crippen LogP contribution in [0.2, 0.25) is 0 Å². The minimum Gasteiger partial charge on any atom is -0.335 e. The lowest BCUT2D eigenvalue weighted by molar-refractivity contribution is -0.119. The molecule has 3 N–H and O–H groups in total. The van der Waals surface area contributed by atoms with Crippen molar-refractivity contribution >= 4 is 33.5 Å². The average molecular weight is 520 g/mol. The van der Waals surface area contributed by atoms with Crippen molar-refractivity contribution in [3.8, 4) is 33.9 Å². The van der Waals surface area contributed by atoms with E-state index < -0.39 is 5.82 Å². The summed E-state index contributed by atoms with van der Waals surface area (Å²) in [7, 11) is 0. The van der Waals surface area contributed by atoms with Gasteiger partial charge in [-0.2, -0.15) is 5.10 Å². The number of fused-ring (bicyclic) bond motifs is 2. The first kappa shape index (κ1) is 23.1. The number of aromatic nitrogens is 8. The molecule has 0 unspecified atom stereocenters. The van der Waals surface area contributed by atoms with E-state index in [-0.39, 0.29) is 22.9 Å². The monoisotopic (exact) mass is 519 g/mol. The first-order chi connectivity index (χ1) is 19.2. The molecule has 11 heteroatoms. The molecule has 6 heterocycles. The third-order valence-electron chi connectivity index (χ3n) is 7.17. The van der Waals surface area contributed by atoms with Crippen LogP contribution in [0, 0.1) is 11.7 Å². The molecular formula is C28H22FN9O. The number of nitrogens with zero attached hydrogens (tertiary/aromatic N) is 6. The molecule has 0 spiro atoms. The third-order valence-corrected chi connectivity index (χ3v) is 7.17. The zero-order valence-electron chi connectivity index (χ0n) is 20.6. The van der Waals surface area contributed by atoms with Gasteiger partial charge in [0.2, 0.25) is 5.91 Å². The molecule has 0 bridgehead atoms. The summed E-state index contributed by atoms with van der Waals surface area (Å²) in [6.45, 7) is 0. The largest absolute Gasteiger partial charge is 0.335 e. The molecule has 1 fully saturated rings. The molecule has 1 aliphatic carbocycles. The molecule has 1 amide bonds. The highest BCUT2D eigenvalue weighted by molar-refractivity contribution is 5.98. The molecule has 0 aliphatic heterocycles. The van der Waals surface area contributed by atoms with Crippen molar-refractivity contribution in [1.29, 1.82) is 0 Å². The van der Waals surface area contributed by atoms with E-state index in [1.807, 2.05) is 12.1 Å². The number of H-pyrrole nitrogens is 2. The van der Waals surface area contributed by atoms with Crippen molar-refractivity contribution in [2.24, 2.45) is 5.92 Å². The number of rotatable bonds is 5. The smallest absolute Gasteiger partial charge is 0.227 e. The highest BCUT2D eigenvalue weighted by Gasteiger charge is 2.24. The van der Waals surface area contributed by atoms with E-state index >= 15 is 4.39 Å². The van der Waals surface area contributed by atoms with Crippen molar-refractivity contribution < 1.29 is 9.18 Å². The van der Waals surface area contributed by atoms with E-state index in [0.29, 0.717) is 39.3 Å². The van der Waals surface area contributed by atoms with E-state index in [2.05, 4.69) is 40.4 Å². The summed E-state index contributed by atoms with van der Waals surface area (Å²) in [5.74, 6) is -0.169. The van der Waals surface area contributed by atoms with Crippen molar-refractivity contribution in [3.63, 3.8) is 0 Å². The number of anilines is 1. The standard InChI is InChI=1S/C28H22FN9O/c29-23-22-20(14-33-24(23)17-9-18(11-31-10-17)34-28(39)16-3-1-2-4-16)37-38-26(22)27-35-21-13-32-12-19(25(21)36-27)15-5-7-30-8-6-15/h5-14,16H,1-4H2,(H,34,39)(H,35,36)(H,37,38). The second-order valence-electron chi connectivity index (χ2n) is 9.62. The first-order valence-electron chi connectivity index (χ1n) is 12.7. The quantitative estimate of drug-likeness (QED) is 0.281. The van der Waals surface area contributed by atoms with Gasteiger partial charge in [-0.25, -0.2) is 9.37 Å². The summed E-state index contributed by atoms with van der Waals surface area (Å²) in [6, 6.07) is 5.45. The fourth-order valence-corrected chi connectivity index (χ4v) is 5.21. The molecule has 0 saturated heterocycles. The predicted octanol–water partition coefficient (Wildman–Crippen LogP) is 5.29. The number of pyridine rings is 4. The summed E-state index contributed by atoms with van der Waals surface area (Å²) in [5, 5.41) is 10.3. The van der Waals surface area contributed by atoms with Crippen LogP contribution in [-0.4, -0.2) is 46.0 Å². The second-order valence-corrected chi connectivity index (χ2v) is 9.62. The number of nitrogens with one attached hydrogen (secondary N) is 3. The zero-order chi connectivity index (χ0) is 26.3. The number of amides is 1. The molecule has 1 saturated carbocycles. The molecule has 6 aromatic heterocycles. The van der Waals surface area contributed by atoms with Gasteiger partial charge in [-0.05, 0) is 36.6 Å². The fraction of sp³-hybridized carbons (Fsp3) is 0.179. The maximum atomic E-state index is 16.1.